The van der Waals surface area contributed by atoms with Crippen LogP contribution in [0.5, 0.6) is 5.75 Å². The third-order valence-corrected chi connectivity index (χ3v) is 4.37. The van der Waals surface area contributed by atoms with Crippen LogP contribution in [0, 0.1) is 0 Å². The van der Waals surface area contributed by atoms with Gasteiger partial charge in [-0.25, -0.2) is 0 Å². The van der Waals surface area contributed by atoms with Gasteiger partial charge in [0, 0.05) is 29.4 Å². The standard InChI is InChI=1S/C12H16BrNO2S/c1-16-10-7-11(17-8-10)12(15)14(6-5-13)9-3-2-4-9/h7-9H,2-6H2,1H3. The van der Waals surface area contributed by atoms with E-state index in [1.807, 2.05) is 16.3 Å². The van der Waals surface area contributed by atoms with Gasteiger partial charge in [0.25, 0.3) is 5.91 Å². The smallest absolute Gasteiger partial charge is 0.264 e. The first-order valence-corrected chi connectivity index (χ1v) is 7.76. The predicted octanol–water partition coefficient (Wildman–Crippen LogP) is 3.15. The molecule has 1 aromatic heterocycles. The number of halogens is 1. The molecule has 5 heteroatoms. The van der Waals surface area contributed by atoms with Crippen molar-refractivity contribution in [2.45, 2.75) is 25.3 Å². The molecule has 0 saturated heterocycles. The largest absolute Gasteiger partial charge is 0.496 e. The zero-order valence-electron chi connectivity index (χ0n) is 9.82. The molecule has 1 saturated carbocycles. The Kier molecular flexibility index (Phi) is 4.45. The second-order valence-electron chi connectivity index (χ2n) is 4.12. The van der Waals surface area contributed by atoms with Crippen LogP contribution in [0.2, 0.25) is 0 Å². The highest BCUT2D eigenvalue weighted by Gasteiger charge is 2.29. The molecule has 1 amide bonds. The van der Waals surface area contributed by atoms with E-state index in [4.69, 9.17) is 4.74 Å². The van der Waals surface area contributed by atoms with Gasteiger partial charge in [0.15, 0.2) is 0 Å². The predicted molar refractivity (Wildman–Crippen MR) is 73.3 cm³/mol. The molecule has 0 radical (unpaired) electrons. The third-order valence-electron chi connectivity index (χ3n) is 3.12. The van der Waals surface area contributed by atoms with Crippen molar-refractivity contribution in [3.63, 3.8) is 0 Å². The molecule has 1 aliphatic rings. The summed E-state index contributed by atoms with van der Waals surface area (Å²) in [6.07, 6.45) is 3.52. The van der Waals surface area contributed by atoms with Crippen molar-refractivity contribution in [3.05, 3.63) is 16.3 Å². The van der Waals surface area contributed by atoms with Gasteiger partial charge in [0.2, 0.25) is 0 Å². The maximum Gasteiger partial charge on any atom is 0.264 e. The Morgan fingerprint density at radius 3 is 2.88 bits per heavy atom. The molecule has 1 aromatic rings. The Hall–Kier alpha value is -0.550. The Morgan fingerprint density at radius 1 is 1.65 bits per heavy atom. The van der Waals surface area contributed by atoms with Crippen LogP contribution in [0.4, 0.5) is 0 Å². The van der Waals surface area contributed by atoms with Gasteiger partial charge in [-0.2, -0.15) is 0 Å². The summed E-state index contributed by atoms with van der Waals surface area (Å²) in [5, 5.41) is 2.71. The van der Waals surface area contributed by atoms with Gasteiger partial charge in [-0.15, -0.1) is 11.3 Å². The van der Waals surface area contributed by atoms with Crippen molar-refractivity contribution >= 4 is 33.2 Å². The molecule has 3 nitrogen and oxygen atoms in total. The van der Waals surface area contributed by atoms with Crippen molar-refractivity contribution in [2.24, 2.45) is 0 Å². The lowest BCUT2D eigenvalue weighted by Crippen LogP contribution is -2.44. The van der Waals surface area contributed by atoms with Crippen molar-refractivity contribution in [2.75, 3.05) is 19.0 Å². The van der Waals surface area contributed by atoms with Gasteiger partial charge in [0.05, 0.1) is 12.0 Å². The van der Waals surface area contributed by atoms with Crippen LogP contribution in [0.3, 0.4) is 0 Å². The quantitative estimate of drug-likeness (QED) is 0.781. The lowest BCUT2D eigenvalue weighted by Gasteiger charge is -2.37. The van der Waals surface area contributed by atoms with Gasteiger partial charge in [-0.05, 0) is 19.3 Å². The highest BCUT2D eigenvalue weighted by atomic mass is 79.9. The summed E-state index contributed by atoms with van der Waals surface area (Å²) in [5.74, 6) is 0.910. The monoisotopic (exact) mass is 317 g/mol. The Morgan fingerprint density at radius 2 is 2.41 bits per heavy atom. The summed E-state index contributed by atoms with van der Waals surface area (Å²) in [6, 6.07) is 2.26. The van der Waals surface area contributed by atoms with Gasteiger partial charge < -0.3 is 9.64 Å². The summed E-state index contributed by atoms with van der Waals surface area (Å²) in [7, 11) is 1.62. The Bertz CT molecular complexity index is 390. The van der Waals surface area contributed by atoms with Crippen LogP contribution < -0.4 is 4.74 Å². The number of ether oxygens (including phenoxy) is 1. The van der Waals surface area contributed by atoms with Crippen LogP contribution in [-0.4, -0.2) is 35.8 Å². The molecule has 0 spiro atoms. The number of nitrogens with zero attached hydrogens (tertiary/aromatic N) is 1. The highest BCUT2D eigenvalue weighted by molar-refractivity contribution is 9.09. The number of hydrogen-bond acceptors (Lipinski definition) is 3. The number of carbonyl (C=O) groups excluding carboxylic acids is 1. The van der Waals surface area contributed by atoms with E-state index in [1.54, 1.807) is 7.11 Å². The van der Waals surface area contributed by atoms with Crippen molar-refractivity contribution in [3.8, 4) is 5.75 Å². The van der Waals surface area contributed by atoms with Gasteiger partial charge in [0.1, 0.15) is 5.75 Å². The van der Waals surface area contributed by atoms with Crippen LogP contribution in [0.25, 0.3) is 0 Å². The van der Waals surface area contributed by atoms with Crippen LogP contribution >= 0.6 is 27.3 Å². The van der Waals surface area contributed by atoms with E-state index in [2.05, 4.69) is 15.9 Å². The highest BCUT2D eigenvalue weighted by Crippen LogP contribution is 2.29. The maximum absolute atomic E-state index is 12.4. The lowest BCUT2D eigenvalue weighted by molar-refractivity contribution is 0.0604. The third kappa shape index (κ3) is 2.83. The fraction of sp³-hybridized carbons (Fsp3) is 0.583. The molecule has 0 aromatic carbocycles. The second-order valence-corrected chi connectivity index (χ2v) is 5.83. The molecule has 0 N–H and O–H groups in total. The molecule has 1 heterocycles. The fourth-order valence-electron chi connectivity index (χ4n) is 1.92. The normalized spacial score (nSPS) is 15.4. The molecule has 0 aliphatic heterocycles. The summed E-state index contributed by atoms with van der Waals surface area (Å²) >= 11 is 4.87. The van der Waals surface area contributed by atoms with Gasteiger partial charge in [-0.3, -0.25) is 4.79 Å². The van der Waals surface area contributed by atoms with E-state index in [0.29, 0.717) is 6.04 Å². The zero-order chi connectivity index (χ0) is 12.3. The lowest BCUT2D eigenvalue weighted by atomic mass is 9.91. The molecule has 94 valence electrons. The molecule has 0 unspecified atom stereocenters. The number of thiophene rings is 1. The number of rotatable bonds is 5. The van der Waals surface area contributed by atoms with E-state index >= 15 is 0 Å². The first kappa shape index (κ1) is 12.9. The molecular weight excluding hydrogens is 302 g/mol. The minimum Gasteiger partial charge on any atom is -0.496 e. The summed E-state index contributed by atoms with van der Waals surface area (Å²) in [4.78, 5) is 15.1. The molecule has 1 fully saturated rings. The van der Waals surface area contributed by atoms with Gasteiger partial charge >= 0.3 is 0 Å². The van der Waals surface area contributed by atoms with E-state index in [0.717, 1.165) is 35.3 Å². The van der Waals surface area contributed by atoms with E-state index in [1.165, 1.54) is 17.8 Å². The zero-order valence-corrected chi connectivity index (χ0v) is 12.2. The topological polar surface area (TPSA) is 29.5 Å². The van der Waals surface area contributed by atoms with Crippen molar-refractivity contribution in [1.82, 2.24) is 4.90 Å². The molecule has 17 heavy (non-hydrogen) atoms. The van der Waals surface area contributed by atoms with E-state index in [-0.39, 0.29) is 5.91 Å². The molecule has 1 aliphatic carbocycles. The van der Waals surface area contributed by atoms with E-state index < -0.39 is 0 Å². The fourth-order valence-corrected chi connectivity index (χ4v) is 3.11. The minimum atomic E-state index is 0.141. The minimum absolute atomic E-state index is 0.141. The summed E-state index contributed by atoms with van der Waals surface area (Å²) in [6.45, 7) is 0.781. The van der Waals surface area contributed by atoms with Crippen molar-refractivity contribution in [1.29, 1.82) is 0 Å². The molecule has 2 rings (SSSR count). The first-order chi connectivity index (χ1) is 8.26. The summed E-state index contributed by atoms with van der Waals surface area (Å²) in [5.41, 5.74) is 0. The van der Waals surface area contributed by atoms with Crippen LogP contribution in [0.15, 0.2) is 11.4 Å². The number of amides is 1. The number of carbonyl (C=O) groups is 1. The number of alkyl halides is 1. The number of hydrogen-bond donors (Lipinski definition) is 0. The SMILES string of the molecule is COc1csc(C(=O)N(CCBr)C2CCC2)c1. The van der Waals surface area contributed by atoms with Gasteiger partial charge in [-0.1, -0.05) is 15.9 Å². The molecule has 0 atom stereocenters. The first-order valence-electron chi connectivity index (χ1n) is 5.75. The summed E-state index contributed by atoms with van der Waals surface area (Å²) < 4.78 is 5.12. The maximum atomic E-state index is 12.4. The average molecular weight is 318 g/mol. The average Bonchev–Trinajstić information content (AvgIpc) is 2.73. The van der Waals surface area contributed by atoms with Crippen LogP contribution in [0.1, 0.15) is 28.9 Å². The molecular formula is C12H16BrNO2S. The Balaban J connectivity index is 2.09. The van der Waals surface area contributed by atoms with Crippen LogP contribution in [-0.2, 0) is 0 Å². The second kappa shape index (κ2) is 5.87. The Labute approximate surface area is 114 Å². The molecule has 0 bridgehead atoms. The van der Waals surface area contributed by atoms with E-state index in [9.17, 15) is 4.79 Å². The van der Waals surface area contributed by atoms with Crippen molar-refractivity contribution < 1.29 is 9.53 Å². The number of methoxy groups -OCH3 is 1.